The molecule has 8 aliphatic rings. The van der Waals surface area contributed by atoms with Crippen LogP contribution in [0.4, 0.5) is 0 Å². The number of Topliss-reactive ketones (excluding diaryl/α,β-unsaturated/α-hetero) is 1. The fraction of sp³-hybridized carbons (Fsp3) is 0.100. The van der Waals surface area contributed by atoms with Gasteiger partial charge in [0.25, 0.3) is 0 Å². The Hall–Kier alpha value is -3.20. The van der Waals surface area contributed by atoms with Gasteiger partial charge in [0.1, 0.15) is 12.5 Å². The number of hydrogen-bond acceptors (Lipinski definition) is 6. The van der Waals surface area contributed by atoms with E-state index in [0.717, 1.165) is 0 Å². The molecule has 2 aromatic rings. The van der Waals surface area contributed by atoms with Crippen molar-refractivity contribution in [3.63, 3.8) is 0 Å². The number of benzene rings is 2. The maximum absolute atomic E-state index is 13.4. The van der Waals surface area contributed by atoms with E-state index >= 15 is 0 Å². The van der Waals surface area contributed by atoms with Crippen molar-refractivity contribution in [2.24, 2.45) is 0 Å². The summed E-state index contributed by atoms with van der Waals surface area (Å²) in [4.78, 5) is 77.1. The maximum Gasteiger partial charge on any atom is 0.204 e. The molecule has 1 unspecified atom stereocenters. The molecule has 0 fully saturated rings. The molecule has 0 saturated carbocycles. The third kappa shape index (κ3) is 0.952. The molecule has 0 saturated heterocycles. The Morgan fingerprint density at radius 3 is 1.89 bits per heavy atom. The molecule has 0 spiro atoms. The highest BCUT2D eigenvalue weighted by molar-refractivity contribution is 8.04. The maximum atomic E-state index is 13.4. The van der Waals surface area contributed by atoms with Gasteiger partial charge < -0.3 is 0 Å². The molecule has 12 bridgehead atoms. The minimum absolute atomic E-state index is 0.0180. The van der Waals surface area contributed by atoms with E-state index in [4.69, 9.17) is 0 Å². The van der Waals surface area contributed by atoms with Crippen LogP contribution in [0.1, 0.15) is 79.6 Å². The molecule has 4 aliphatic carbocycles. The molecule has 10 rings (SSSR count). The number of aryl methyl sites for hydroxylation is 1. The lowest BCUT2D eigenvalue weighted by Crippen LogP contribution is -2.54. The van der Waals surface area contributed by atoms with Gasteiger partial charge in [-0.25, -0.2) is 4.79 Å². The summed E-state index contributed by atoms with van der Waals surface area (Å²) in [7, 11) is 0. The summed E-state index contributed by atoms with van der Waals surface area (Å²) in [5.41, 5.74) is 3.27. The summed E-state index contributed by atoms with van der Waals surface area (Å²) in [6.45, 7) is -1.73. The number of rotatable bonds is 0. The van der Waals surface area contributed by atoms with E-state index in [0.29, 0.717) is 16.4 Å². The highest BCUT2D eigenvalue weighted by Gasteiger charge is 2.64. The lowest BCUT2D eigenvalue weighted by Gasteiger charge is -2.45. The van der Waals surface area contributed by atoms with E-state index in [1.54, 1.807) is 6.92 Å². The number of hydrogen-bond donors (Lipinski definition) is 0. The second-order valence-corrected chi connectivity index (χ2v) is 10.3. The molecule has 1 atom stereocenters. The average Bonchev–Trinajstić information content (AvgIpc) is 2.74. The van der Waals surface area contributed by atoms with Crippen LogP contribution < -0.4 is 10.6 Å². The van der Waals surface area contributed by atoms with Crippen molar-refractivity contribution >= 4 is 51.8 Å². The van der Waals surface area contributed by atoms with Gasteiger partial charge in [-0.2, -0.15) is 0 Å². The monoisotopic (exact) mass is 372 g/mol. The van der Waals surface area contributed by atoms with Gasteiger partial charge in [0.15, 0.2) is 23.1 Å². The van der Waals surface area contributed by atoms with E-state index in [1.165, 1.54) is 0 Å². The third-order valence-electron chi connectivity index (χ3n) is 6.61. The van der Waals surface area contributed by atoms with Crippen molar-refractivity contribution in [2.45, 2.75) is 13.3 Å². The standard InChI is InChI=1S/C20H5O6P/c1-4-7-11-6(22)2-5-9-13-17(25)12(8(4)15(7)23)18(11)27(3-21)19(13)14(20(27)26)10(5)16(9)24/h2H2,1H3. The lowest BCUT2D eigenvalue weighted by molar-refractivity contribution is 0.0962. The van der Waals surface area contributed by atoms with E-state index in [9.17, 15) is 28.8 Å². The normalized spacial score (nSPS) is 23.4. The third-order valence-corrected chi connectivity index (χ3v) is 9.95. The highest BCUT2D eigenvalue weighted by Crippen LogP contribution is 2.65. The van der Waals surface area contributed by atoms with E-state index < -0.39 is 35.5 Å². The fourth-order valence-corrected chi connectivity index (χ4v) is 9.05. The first-order valence-electron chi connectivity index (χ1n) is 8.33. The zero-order valence-electron chi connectivity index (χ0n) is 13.6. The molecule has 4 heterocycles. The van der Waals surface area contributed by atoms with Gasteiger partial charge in [-0.15, -0.1) is 0 Å². The van der Waals surface area contributed by atoms with E-state index in [-0.39, 0.29) is 56.2 Å². The Morgan fingerprint density at radius 2 is 1.22 bits per heavy atom. The first kappa shape index (κ1) is 13.9. The van der Waals surface area contributed by atoms with Gasteiger partial charge in [0.05, 0.1) is 0 Å². The van der Waals surface area contributed by atoms with E-state index in [1.807, 2.05) is 5.66 Å². The first-order chi connectivity index (χ1) is 12.9. The molecule has 27 heavy (non-hydrogen) atoms. The second-order valence-electron chi connectivity index (χ2n) is 7.46. The van der Waals surface area contributed by atoms with Gasteiger partial charge in [0, 0.05) is 61.5 Å². The van der Waals surface area contributed by atoms with E-state index in [2.05, 4.69) is 0 Å². The Morgan fingerprint density at radius 1 is 0.704 bits per heavy atom. The topological polar surface area (TPSA) is 102 Å². The molecule has 4 aliphatic heterocycles. The SMILES string of the molecule is Cc1c2c3c4c(c1C2=O)C(=O)c1c2c(c(c5c1P4(=C=O)C5=O)C2=O)CC3=O. The number of carbonyl (C=O) groups is 5. The highest BCUT2D eigenvalue weighted by atomic mass is 31.2. The smallest absolute Gasteiger partial charge is 0.204 e. The predicted molar refractivity (Wildman–Crippen MR) is 92.2 cm³/mol. The van der Waals surface area contributed by atoms with Crippen molar-refractivity contribution in [1.82, 2.24) is 0 Å². The summed E-state index contributed by atoms with van der Waals surface area (Å²) < 4.78 is 0. The van der Waals surface area contributed by atoms with Crippen molar-refractivity contribution in [3.05, 3.63) is 55.6 Å². The minimum atomic E-state index is -3.38. The summed E-state index contributed by atoms with van der Waals surface area (Å²) in [6, 6.07) is 0. The predicted octanol–water partition coefficient (Wildman–Crippen LogP) is 0.556. The van der Waals surface area contributed by atoms with Crippen LogP contribution in [-0.4, -0.2) is 34.3 Å². The molecule has 126 valence electrons. The van der Waals surface area contributed by atoms with Gasteiger partial charge in [-0.1, -0.05) is 0 Å². The van der Waals surface area contributed by atoms with Gasteiger partial charge in [0.2, 0.25) is 5.52 Å². The Balaban J connectivity index is 1.88. The van der Waals surface area contributed by atoms with Crippen LogP contribution >= 0.6 is 6.89 Å². The summed E-state index contributed by atoms with van der Waals surface area (Å²) >= 11 is 0. The Bertz CT molecular complexity index is 1500. The zero-order chi connectivity index (χ0) is 18.7. The summed E-state index contributed by atoms with van der Waals surface area (Å²) in [5.74, 6) is -1.76. The quantitative estimate of drug-likeness (QED) is 0.418. The minimum Gasteiger partial charge on any atom is -0.294 e. The van der Waals surface area contributed by atoms with Crippen LogP contribution in [0.25, 0.3) is 0 Å². The van der Waals surface area contributed by atoms with Crippen LogP contribution in [0.3, 0.4) is 0 Å². The van der Waals surface area contributed by atoms with Gasteiger partial charge in [-0.3, -0.25) is 24.0 Å². The van der Waals surface area contributed by atoms with Gasteiger partial charge >= 0.3 is 0 Å². The van der Waals surface area contributed by atoms with Crippen LogP contribution in [0.15, 0.2) is 0 Å². The van der Waals surface area contributed by atoms with Crippen molar-refractivity contribution in [3.8, 4) is 0 Å². The Kier molecular flexibility index (Phi) is 1.80. The molecular weight excluding hydrogens is 367 g/mol. The second kappa shape index (κ2) is 3.48. The molecule has 0 radical (unpaired) electrons. The molecular formula is C20H5O6P. The number of ketones is 4. The van der Waals surface area contributed by atoms with Crippen molar-refractivity contribution in [2.75, 3.05) is 0 Å². The molecule has 0 N–H and O–H groups in total. The average molecular weight is 372 g/mol. The van der Waals surface area contributed by atoms with Crippen molar-refractivity contribution in [1.29, 1.82) is 0 Å². The molecule has 2 aromatic carbocycles. The first-order valence-corrected chi connectivity index (χ1v) is 10.1. The molecule has 0 amide bonds. The van der Waals surface area contributed by atoms with Crippen LogP contribution in [0, 0.1) is 6.92 Å². The van der Waals surface area contributed by atoms with Crippen LogP contribution in [0.2, 0.25) is 0 Å². The summed E-state index contributed by atoms with van der Waals surface area (Å²) in [6.07, 6.45) is -0.151. The molecule has 7 heteroatoms. The lowest BCUT2D eigenvalue weighted by atomic mass is 9.72. The summed E-state index contributed by atoms with van der Waals surface area (Å²) in [5, 5.41) is 0.450. The van der Waals surface area contributed by atoms with Crippen LogP contribution in [0.5, 0.6) is 0 Å². The number of carbonyl (C=O) groups excluding carboxylic acids is 6. The van der Waals surface area contributed by atoms with Crippen LogP contribution in [-0.2, 0) is 11.2 Å². The fourth-order valence-electron chi connectivity index (χ4n) is 5.55. The Labute approximate surface area is 150 Å². The van der Waals surface area contributed by atoms with Crippen molar-refractivity contribution < 1.29 is 28.8 Å². The zero-order valence-corrected chi connectivity index (χ0v) is 14.5. The molecule has 6 nitrogen and oxygen atoms in total. The largest absolute Gasteiger partial charge is 0.294 e. The van der Waals surface area contributed by atoms with Gasteiger partial charge in [-0.05, 0) is 18.1 Å². The molecule has 0 aromatic heterocycles.